The zero-order chi connectivity index (χ0) is 17.8. The van der Waals surface area contributed by atoms with E-state index in [2.05, 4.69) is 4.74 Å². The largest absolute Gasteiger partial charge is 0.482 e. The molecule has 2 aromatic carbocycles. The Balaban J connectivity index is 1.68. The summed E-state index contributed by atoms with van der Waals surface area (Å²) in [5, 5.41) is 0. The van der Waals surface area contributed by atoms with Crippen LogP contribution >= 0.6 is 0 Å². The molecule has 1 aliphatic rings. The number of nitrogens with zero attached hydrogens (tertiary/aromatic N) is 1. The van der Waals surface area contributed by atoms with Gasteiger partial charge in [0.1, 0.15) is 18.0 Å². The average Bonchev–Trinajstić information content (AvgIpc) is 2.64. The number of carbonyl (C=O) groups is 3. The highest BCUT2D eigenvalue weighted by atomic mass is 16.5. The van der Waals surface area contributed by atoms with Gasteiger partial charge in [0.15, 0.2) is 6.61 Å². The molecular weight excluding hydrogens is 326 g/mol. The number of rotatable bonds is 4. The van der Waals surface area contributed by atoms with Gasteiger partial charge in [-0.2, -0.15) is 0 Å². The van der Waals surface area contributed by atoms with Gasteiger partial charge in [0, 0.05) is 0 Å². The van der Waals surface area contributed by atoms with Crippen LogP contribution in [-0.2, 0) is 14.3 Å². The Labute approximate surface area is 143 Å². The van der Waals surface area contributed by atoms with Crippen molar-refractivity contribution in [2.45, 2.75) is 0 Å². The molecule has 0 saturated heterocycles. The first-order valence-electron chi connectivity index (χ1n) is 7.50. The zero-order valence-corrected chi connectivity index (χ0v) is 13.4. The van der Waals surface area contributed by atoms with Crippen molar-refractivity contribution in [3.63, 3.8) is 0 Å². The van der Waals surface area contributed by atoms with Gasteiger partial charge in [-0.1, -0.05) is 12.1 Å². The van der Waals surface area contributed by atoms with Gasteiger partial charge in [-0.3, -0.25) is 9.69 Å². The lowest BCUT2D eigenvalue weighted by Gasteiger charge is -2.28. The third kappa shape index (κ3) is 3.60. The second-order valence-corrected chi connectivity index (χ2v) is 5.23. The van der Waals surface area contributed by atoms with Crippen molar-refractivity contribution in [2.75, 3.05) is 25.2 Å². The normalized spacial score (nSPS) is 12.8. The van der Waals surface area contributed by atoms with Crippen LogP contribution < -0.4 is 14.4 Å². The molecule has 0 bridgehead atoms. The van der Waals surface area contributed by atoms with Crippen LogP contribution in [0.5, 0.6) is 11.5 Å². The SMILES string of the molecule is COC(=O)c1ccc(OC(=O)CN2C(=O)COc3ccccc32)cc1. The summed E-state index contributed by atoms with van der Waals surface area (Å²) < 4.78 is 15.1. The summed E-state index contributed by atoms with van der Waals surface area (Å²) in [5.74, 6) is -0.593. The number of fused-ring (bicyclic) bond motifs is 1. The molecule has 0 radical (unpaired) electrons. The van der Waals surface area contributed by atoms with Crippen LogP contribution in [0, 0.1) is 0 Å². The van der Waals surface area contributed by atoms with Crippen LogP contribution in [0.4, 0.5) is 5.69 Å². The first-order valence-corrected chi connectivity index (χ1v) is 7.50. The summed E-state index contributed by atoms with van der Waals surface area (Å²) in [5.41, 5.74) is 0.872. The Hall–Kier alpha value is -3.35. The molecule has 1 heterocycles. The quantitative estimate of drug-likeness (QED) is 0.623. The molecule has 128 valence electrons. The second-order valence-electron chi connectivity index (χ2n) is 5.23. The predicted octanol–water partition coefficient (Wildman–Crippen LogP) is 1.80. The number of ether oxygens (including phenoxy) is 3. The highest BCUT2D eigenvalue weighted by molar-refractivity contribution is 6.01. The number of methoxy groups -OCH3 is 1. The fraction of sp³-hybridized carbons (Fsp3) is 0.167. The van der Waals surface area contributed by atoms with E-state index in [1.807, 2.05) is 0 Å². The van der Waals surface area contributed by atoms with Gasteiger partial charge in [0.2, 0.25) is 0 Å². The molecule has 25 heavy (non-hydrogen) atoms. The Morgan fingerprint density at radius 1 is 1.12 bits per heavy atom. The van der Waals surface area contributed by atoms with E-state index in [0.29, 0.717) is 17.0 Å². The molecule has 7 heteroatoms. The summed E-state index contributed by atoms with van der Waals surface area (Å²) in [6.07, 6.45) is 0. The first-order chi connectivity index (χ1) is 12.1. The maximum Gasteiger partial charge on any atom is 0.337 e. The van der Waals surface area contributed by atoms with Gasteiger partial charge in [-0.05, 0) is 36.4 Å². The Morgan fingerprint density at radius 3 is 2.56 bits per heavy atom. The molecule has 7 nitrogen and oxygen atoms in total. The minimum Gasteiger partial charge on any atom is -0.482 e. The van der Waals surface area contributed by atoms with Crippen molar-refractivity contribution in [3.05, 3.63) is 54.1 Å². The number of carbonyl (C=O) groups excluding carboxylic acids is 3. The van der Waals surface area contributed by atoms with Crippen molar-refractivity contribution >= 4 is 23.5 Å². The maximum atomic E-state index is 12.2. The van der Waals surface area contributed by atoms with Gasteiger partial charge in [0.05, 0.1) is 18.4 Å². The van der Waals surface area contributed by atoms with E-state index in [-0.39, 0.29) is 24.8 Å². The smallest absolute Gasteiger partial charge is 0.337 e. The molecule has 3 rings (SSSR count). The summed E-state index contributed by atoms with van der Waals surface area (Å²) >= 11 is 0. The van der Waals surface area contributed by atoms with Crippen molar-refractivity contribution in [3.8, 4) is 11.5 Å². The average molecular weight is 341 g/mol. The third-order valence-electron chi connectivity index (χ3n) is 3.60. The lowest BCUT2D eigenvalue weighted by atomic mass is 10.2. The molecule has 0 saturated carbocycles. The number of anilines is 1. The lowest BCUT2D eigenvalue weighted by Crippen LogP contribution is -2.43. The van der Waals surface area contributed by atoms with Crippen LogP contribution in [0.25, 0.3) is 0 Å². The number of para-hydroxylation sites is 2. The number of benzene rings is 2. The summed E-state index contributed by atoms with van der Waals surface area (Å²) in [6.45, 7) is -0.365. The summed E-state index contributed by atoms with van der Waals surface area (Å²) in [7, 11) is 1.29. The summed E-state index contributed by atoms with van der Waals surface area (Å²) in [6, 6.07) is 12.9. The van der Waals surface area contributed by atoms with Gasteiger partial charge < -0.3 is 14.2 Å². The molecule has 0 aliphatic carbocycles. The minimum atomic E-state index is -0.601. The zero-order valence-electron chi connectivity index (χ0n) is 13.4. The van der Waals surface area contributed by atoms with Crippen LogP contribution in [0.15, 0.2) is 48.5 Å². The molecule has 0 N–H and O–H groups in total. The standard InChI is InChI=1S/C18H15NO6/c1-23-18(22)12-6-8-13(9-7-12)25-17(21)10-19-14-4-2-3-5-15(14)24-11-16(19)20/h2-9H,10-11H2,1H3. The van der Waals surface area contributed by atoms with E-state index in [1.165, 1.54) is 36.3 Å². The van der Waals surface area contributed by atoms with Crippen LogP contribution in [0.2, 0.25) is 0 Å². The molecule has 0 fully saturated rings. The van der Waals surface area contributed by atoms with E-state index in [4.69, 9.17) is 9.47 Å². The number of amides is 1. The van der Waals surface area contributed by atoms with Gasteiger partial charge in [-0.25, -0.2) is 9.59 Å². The number of hydrogen-bond acceptors (Lipinski definition) is 6. The molecule has 0 unspecified atom stereocenters. The van der Waals surface area contributed by atoms with E-state index < -0.39 is 11.9 Å². The van der Waals surface area contributed by atoms with Gasteiger partial charge >= 0.3 is 11.9 Å². The Kier molecular flexibility index (Phi) is 4.65. The van der Waals surface area contributed by atoms with Gasteiger partial charge in [-0.15, -0.1) is 0 Å². The van der Waals surface area contributed by atoms with Crippen LogP contribution in [0.1, 0.15) is 10.4 Å². The van der Waals surface area contributed by atoms with E-state index in [0.717, 1.165) is 0 Å². The van der Waals surface area contributed by atoms with E-state index in [1.54, 1.807) is 24.3 Å². The minimum absolute atomic E-state index is 0.127. The fourth-order valence-electron chi connectivity index (χ4n) is 2.40. The van der Waals surface area contributed by atoms with E-state index in [9.17, 15) is 14.4 Å². The highest BCUT2D eigenvalue weighted by Crippen LogP contribution is 2.31. The second kappa shape index (κ2) is 7.04. The molecule has 1 aliphatic heterocycles. The molecule has 0 atom stereocenters. The maximum absolute atomic E-state index is 12.2. The van der Waals surface area contributed by atoms with Crippen LogP contribution in [0.3, 0.4) is 0 Å². The molecule has 1 amide bonds. The fourth-order valence-corrected chi connectivity index (χ4v) is 2.40. The first kappa shape index (κ1) is 16.5. The molecule has 0 aromatic heterocycles. The number of hydrogen-bond donors (Lipinski definition) is 0. The Bertz CT molecular complexity index is 815. The predicted molar refractivity (Wildman–Crippen MR) is 87.7 cm³/mol. The van der Waals surface area contributed by atoms with Crippen molar-refractivity contribution < 1.29 is 28.6 Å². The van der Waals surface area contributed by atoms with Crippen molar-refractivity contribution in [2.24, 2.45) is 0 Å². The number of esters is 2. The Morgan fingerprint density at radius 2 is 1.84 bits per heavy atom. The monoisotopic (exact) mass is 341 g/mol. The summed E-state index contributed by atoms with van der Waals surface area (Å²) in [4.78, 5) is 36.9. The third-order valence-corrected chi connectivity index (χ3v) is 3.60. The van der Waals surface area contributed by atoms with Gasteiger partial charge in [0.25, 0.3) is 5.91 Å². The van der Waals surface area contributed by atoms with Crippen molar-refractivity contribution in [1.82, 2.24) is 0 Å². The molecule has 0 spiro atoms. The lowest BCUT2D eigenvalue weighted by molar-refractivity contribution is -0.134. The molecule has 2 aromatic rings. The highest BCUT2D eigenvalue weighted by Gasteiger charge is 2.27. The van der Waals surface area contributed by atoms with Crippen molar-refractivity contribution in [1.29, 1.82) is 0 Å². The van der Waals surface area contributed by atoms with Crippen LogP contribution in [-0.4, -0.2) is 38.1 Å². The molecular formula is C18H15NO6. The van der Waals surface area contributed by atoms with E-state index >= 15 is 0 Å². The topological polar surface area (TPSA) is 82.1 Å².